The van der Waals surface area contributed by atoms with Crippen LogP contribution in [0.15, 0.2) is 89.9 Å². The van der Waals surface area contributed by atoms with Crippen LogP contribution in [0.3, 0.4) is 0 Å². The molecule has 0 saturated heterocycles. The maximum Gasteiger partial charge on any atom is 0.340 e. The Morgan fingerprint density at radius 1 is 0.800 bits per heavy atom. The van der Waals surface area contributed by atoms with Gasteiger partial charge in [-0.25, -0.2) is 19.1 Å². The number of methoxy groups -OCH3 is 1. The summed E-state index contributed by atoms with van der Waals surface area (Å²) in [7, 11) is 1.54. The summed E-state index contributed by atoms with van der Waals surface area (Å²) in [6.07, 6.45) is 4.21. The number of unbranched alkanes of at least 4 members (excludes halogenated alkanes) is 1. The number of ether oxygens (including phenoxy) is 7. The van der Waals surface area contributed by atoms with Gasteiger partial charge in [-0.1, -0.05) is 35.9 Å². The van der Waals surface area contributed by atoms with Gasteiger partial charge in [-0.3, -0.25) is 14.2 Å². The Bertz CT molecular complexity index is 3540. The number of nitrogens with one attached hydrogen (secondary N) is 4. The summed E-state index contributed by atoms with van der Waals surface area (Å²) < 4.78 is 42.8. The number of anilines is 2. The Hall–Kier alpha value is -9.02. The van der Waals surface area contributed by atoms with Crippen molar-refractivity contribution in [1.82, 2.24) is 45.1 Å². The van der Waals surface area contributed by atoms with Gasteiger partial charge in [0.25, 0.3) is 0 Å². The summed E-state index contributed by atoms with van der Waals surface area (Å²) >= 11 is 5.55. The lowest BCUT2D eigenvalue weighted by atomic mass is 9.77. The van der Waals surface area contributed by atoms with E-state index in [1.807, 2.05) is 30.5 Å². The molecule has 0 fully saturated rings. The van der Waals surface area contributed by atoms with Gasteiger partial charge in [-0.05, 0) is 91.5 Å². The highest BCUT2D eigenvalue weighted by Gasteiger charge is 2.54. The molecule has 2 aliphatic rings. The van der Waals surface area contributed by atoms with Gasteiger partial charge in [-0.2, -0.15) is 9.97 Å². The lowest BCUT2D eigenvalue weighted by Gasteiger charge is -2.36. The van der Waals surface area contributed by atoms with E-state index in [1.54, 1.807) is 35.0 Å². The van der Waals surface area contributed by atoms with E-state index in [1.165, 1.54) is 35.9 Å². The van der Waals surface area contributed by atoms with Gasteiger partial charge in [0, 0.05) is 73.6 Å². The first kappa shape index (κ1) is 60.6. The molecule has 5 heterocycles. The molecule has 9 N–H and O–H groups in total. The SMILES string of the molecule is COCCOc1nc(N)c2[nH]c(=O)n(Cc3ccc(CCC(=O)CCC(=O)NC(CCCCc4cn(CCOCCOCCOCCNC(=S)Nc5ccc6c(c5)C5(OC6=O)c6ccc(O)cc6Oc6cc(O)ccc65)nn4)C(=O)O)cc3)c2n1. The Kier molecular flexibility index (Phi) is 20.3. The molecule has 448 valence electrons. The normalized spacial score (nSPS) is 13.1. The van der Waals surface area contributed by atoms with Crippen molar-refractivity contribution < 1.29 is 67.7 Å². The van der Waals surface area contributed by atoms with Gasteiger partial charge >= 0.3 is 23.6 Å². The predicted octanol–water partition coefficient (Wildman–Crippen LogP) is 4.65. The van der Waals surface area contributed by atoms with Gasteiger partial charge in [0.15, 0.2) is 22.2 Å². The number of aromatic nitrogens is 7. The highest BCUT2D eigenvalue weighted by Crippen LogP contribution is 2.57. The third-order valence-corrected chi connectivity index (χ3v) is 14.2. The van der Waals surface area contributed by atoms with Crippen LogP contribution in [0.25, 0.3) is 11.2 Å². The summed E-state index contributed by atoms with van der Waals surface area (Å²) in [5.41, 5.74) is 9.79. The van der Waals surface area contributed by atoms with Crippen LogP contribution in [0.2, 0.25) is 0 Å². The zero-order chi connectivity index (χ0) is 59.9. The molecule has 26 nitrogen and oxygen atoms in total. The maximum atomic E-state index is 13.3. The number of nitrogen functional groups attached to an aromatic ring is 1. The van der Waals surface area contributed by atoms with E-state index in [4.69, 9.17) is 51.1 Å². The molecule has 0 radical (unpaired) electrons. The molecule has 9 rings (SSSR count). The molecule has 0 aliphatic carbocycles. The molecule has 0 saturated carbocycles. The highest BCUT2D eigenvalue weighted by molar-refractivity contribution is 7.80. The number of esters is 1. The van der Waals surface area contributed by atoms with Crippen LogP contribution in [0.1, 0.15) is 82.4 Å². The largest absolute Gasteiger partial charge is 0.508 e. The van der Waals surface area contributed by atoms with Crippen molar-refractivity contribution in [2.75, 3.05) is 77.6 Å². The number of rotatable bonds is 32. The zero-order valence-electron chi connectivity index (χ0n) is 46.5. The number of hydrogen-bond acceptors (Lipinski definition) is 20. The molecule has 3 aromatic heterocycles. The molecule has 7 aromatic rings. The first-order valence-electron chi connectivity index (χ1n) is 27.6. The fourth-order valence-corrected chi connectivity index (χ4v) is 9.96. The first-order valence-corrected chi connectivity index (χ1v) is 28.0. The van der Waals surface area contributed by atoms with E-state index in [0.29, 0.717) is 129 Å². The number of nitrogens with zero attached hydrogens (tertiary/aromatic N) is 6. The number of fused-ring (bicyclic) bond motifs is 7. The molecule has 4 aromatic carbocycles. The van der Waals surface area contributed by atoms with Crippen LogP contribution in [-0.4, -0.2) is 151 Å². The number of aryl methyl sites for hydroxylation is 2. The number of phenols is 2. The van der Waals surface area contributed by atoms with E-state index in [2.05, 4.69) is 41.2 Å². The molecule has 1 spiro atoms. The zero-order valence-corrected chi connectivity index (χ0v) is 47.3. The van der Waals surface area contributed by atoms with E-state index in [9.17, 15) is 39.3 Å². The second-order valence-electron chi connectivity index (χ2n) is 20.0. The van der Waals surface area contributed by atoms with Crippen molar-refractivity contribution in [1.29, 1.82) is 0 Å². The third kappa shape index (κ3) is 15.4. The molecule has 27 heteroatoms. The monoisotopic (exact) mass is 1190 g/mol. The highest BCUT2D eigenvalue weighted by atomic mass is 32.1. The number of carboxylic acids is 1. The van der Waals surface area contributed by atoms with Crippen LogP contribution in [0, 0.1) is 0 Å². The van der Waals surface area contributed by atoms with Gasteiger partial charge in [0.1, 0.15) is 46.9 Å². The van der Waals surface area contributed by atoms with Crippen molar-refractivity contribution >= 4 is 63.6 Å². The number of H-pyrrole nitrogens is 1. The number of carboxylic acid groups (broad SMARTS) is 1. The number of hydrogen-bond donors (Lipinski definition) is 8. The molecular formula is C58H65N11O15S. The van der Waals surface area contributed by atoms with Crippen molar-refractivity contribution in [3.05, 3.63) is 135 Å². The Morgan fingerprint density at radius 3 is 2.22 bits per heavy atom. The quantitative estimate of drug-likeness (QED) is 0.0162. The van der Waals surface area contributed by atoms with Crippen molar-refractivity contribution in [3.8, 4) is 29.0 Å². The number of carbonyl (C=O) groups is 4. The van der Waals surface area contributed by atoms with E-state index < -0.39 is 35.2 Å². The second kappa shape index (κ2) is 28.5. The maximum absolute atomic E-state index is 13.3. The number of phenolic OH excluding ortho intramolecular Hbond substituents is 2. The molecular weight excluding hydrogens is 1120 g/mol. The number of aromatic amines is 1. The molecule has 2 aliphatic heterocycles. The van der Waals surface area contributed by atoms with Crippen molar-refractivity contribution in [2.24, 2.45) is 0 Å². The number of carbonyl (C=O) groups excluding carboxylic acids is 3. The van der Waals surface area contributed by atoms with Crippen LogP contribution in [0.5, 0.6) is 29.0 Å². The molecule has 0 bridgehead atoms. The lowest BCUT2D eigenvalue weighted by Crippen LogP contribution is -2.40. The van der Waals surface area contributed by atoms with Crippen molar-refractivity contribution in [3.63, 3.8) is 0 Å². The first-order chi connectivity index (χ1) is 41.2. The van der Waals surface area contributed by atoms with Gasteiger partial charge in [0.2, 0.25) is 5.91 Å². The van der Waals surface area contributed by atoms with Gasteiger partial charge < -0.3 is 75.1 Å². The van der Waals surface area contributed by atoms with Crippen LogP contribution >= 0.6 is 12.2 Å². The lowest BCUT2D eigenvalue weighted by molar-refractivity contribution is -0.142. The topological polar surface area (TPSA) is 350 Å². The number of benzene rings is 4. The number of thiocarbonyl (C=S) groups is 1. The number of amides is 1. The molecule has 1 unspecified atom stereocenters. The summed E-state index contributed by atoms with van der Waals surface area (Å²) in [5.74, 6) is -1.76. The van der Waals surface area contributed by atoms with Crippen molar-refractivity contribution in [2.45, 2.75) is 76.1 Å². The van der Waals surface area contributed by atoms with Gasteiger partial charge in [0.05, 0.1) is 70.6 Å². The average molecular weight is 1190 g/mol. The minimum Gasteiger partial charge on any atom is -0.508 e. The number of ketones is 1. The third-order valence-electron chi connectivity index (χ3n) is 14.0. The number of aromatic hydroxyl groups is 2. The second-order valence-corrected chi connectivity index (χ2v) is 20.4. The summed E-state index contributed by atoms with van der Waals surface area (Å²) in [5, 5.41) is 47.7. The average Bonchev–Trinajstić information content (AvgIpc) is 1.81. The predicted molar refractivity (Wildman–Crippen MR) is 310 cm³/mol. The standard InChI is InChI=1S/C58H65N11O15S/c1-78-24-29-82-55-64-51(59)50-52(65-55)69(57(77)63-50)33-36-8-6-35(7-9-36)10-12-39(70)15-19-49(73)62-46(53(74)75)5-3-2-4-38-34-68(67-66-38)21-23-80-26-28-81-27-25-79-22-20-60-56(85)61-37-11-16-42-45(30-37)58(84-54(42)76)43-17-13-40(71)31-47(43)83-48-32-41(72)14-18-44(48)58/h6-9,11,13-14,16-18,30-32,34,46,71-72H,2-5,10,12,15,19-29,33H2,1H3,(H,62,73)(H,63,77)(H,74,75)(H2,59,64,65)(H2,60,61,85). The fraction of sp³-hybridized carbons (Fsp3) is 0.379. The summed E-state index contributed by atoms with van der Waals surface area (Å²) in [6.45, 7) is 3.79. The van der Waals surface area contributed by atoms with Crippen LogP contribution < -0.4 is 36.8 Å². The minimum absolute atomic E-state index is 0.0237. The molecule has 1 amide bonds. The Labute approximate surface area is 491 Å². The van der Waals surface area contributed by atoms with Crippen LogP contribution in [0.4, 0.5) is 11.5 Å². The number of nitrogens with two attached hydrogens (primary N) is 1. The molecule has 85 heavy (non-hydrogen) atoms. The van der Waals surface area contributed by atoms with E-state index >= 15 is 0 Å². The van der Waals surface area contributed by atoms with E-state index in [0.717, 1.165) is 16.8 Å². The Morgan fingerprint density at radius 2 is 1.51 bits per heavy atom. The van der Waals surface area contributed by atoms with Gasteiger partial charge in [-0.15, -0.1) is 5.10 Å². The van der Waals surface area contributed by atoms with E-state index in [-0.39, 0.29) is 79.4 Å². The minimum atomic E-state index is -1.40. The number of imidazole rings is 1. The fourth-order valence-electron chi connectivity index (χ4n) is 9.74. The summed E-state index contributed by atoms with van der Waals surface area (Å²) in [4.78, 5) is 74.6. The number of Topliss-reactive ketones (excluding diaryl/α,β-unsaturated/α-hetero) is 1. The number of aliphatic carboxylic acids is 1. The molecule has 1 atom stereocenters. The van der Waals surface area contributed by atoms with Crippen LogP contribution in [-0.2, 0) is 69.6 Å². The Balaban J connectivity index is 0.589. The smallest absolute Gasteiger partial charge is 0.340 e. The summed E-state index contributed by atoms with van der Waals surface area (Å²) in [6, 6.07) is 20.7.